The van der Waals surface area contributed by atoms with E-state index in [4.69, 9.17) is 0 Å². The van der Waals surface area contributed by atoms with Crippen molar-refractivity contribution in [1.82, 2.24) is 29.4 Å². The molecular formula is C24H17F4N7O3. The third kappa shape index (κ3) is 4.01. The Balaban J connectivity index is 1.56. The topological polar surface area (TPSA) is 130 Å². The van der Waals surface area contributed by atoms with Crippen LogP contribution in [0.3, 0.4) is 0 Å². The maximum absolute atomic E-state index is 15.0. The smallest absolute Gasteiger partial charge is 0.333 e. The van der Waals surface area contributed by atoms with Crippen LogP contribution in [0, 0.1) is 23.1 Å². The van der Waals surface area contributed by atoms with E-state index in [1.165, 1.54) is 23.9 Å². The van der Waals surface area contributed by atoms with Crippen LogP contribution in [-0.4, -0.2) is 59.0 Å². The summed E-state index contributed by atoms with van der Waals surface area (Å²) >= 11 is 0. The number of hydrogen-bond donors (Lipinski definition) is 1. The van der Waals surface area contributed by atoms with Gasteiger partial charge >= 0.3 is 12.5 Å². The normalized spacial score (nSPS) is 14.1. The Morgan fingerprint density at radius 2 is 2.05 bits per heavy atom. The molecule has 0 aliphatic carbocycles. The Bertz CT molecular complexity index is 1660. The summed E-state index contributed by atoms with van der Waals surface area (Å²) in [6, 6.07) is 4.20. The van der Waals surface area contributed by atoms with E-state index in [1.807, 2.05) is 6.07 Å². The standard InChI is InChI=1S/C24H17F4N7O3/c1-33-16-7-12(8-29)19(31-20(16)21(26)32-33)14-2-3-15(25)18-13(14)4-5-34(22(18)36)17(23(37)38)6-11-9-30-35(10-11)24(27)28/h2-3,7,9-10,17,24H,4-6H2,1H3,(H,37,38)/t17-/m1/s1. The van der Waals surface area contributed by atoms with Crippen molar-refractivity contribution in [2.45, 2.75) is 25.4 Å². The van der Waals surface area contributed by atoms with Crippen molar-refractivity contribution in [2.24, 2.45) is 7.05 Å². The molecule has 0 saturated heterocycles. The molecule has 38 heavy (non-hydrogen) atoms. The van der Waals surface area contributed by atoms with Gasteiger partial charge in [-0.1, -0.05) is 0 Å². The van der Waals surface area contributed by atoms with Crippen LogP contribution in [0.1, 0.15) is 33.6 Å². The molecule has 4 heterocycles. The quantitative estimate of drug-likeness (QED) is 0.382. The summed E-state index contributed by atoms with van der Waals surface area (Å²) in [5, 5.41) is 26.7. The summed E-state index contributed by atoms with van der Waals surface area (Å²) in [5.74, 6) is -4.12. The van der Waals surface area contributed by atoms with E-state index in [2.05, 4.69) is 15.2 Å². The monoisotopic (exact) mass is 527 g/mol. The van der Waals surface area contributed by atoms with Crippen LogP contribution in [0.15, 0.2) is 30.6 Å². The van der Waals surface area contributed by atoms with Crippen molar-refractivity contribution in [3.8, 4) is 17.3 Å². The fourth-order valence-corrected chi connectivity index (χ4v) is 4.68. The summed E-state index contributed by atoms with van der Waals surface area (Å²) in [5.41, 5.74) is 0.386. The molecule has 0 spiro atoms. The van der Waals surface area contributed by atoms with Gasteiger partial charge in [0.05, 0.1) is 28.5 Å². The molecule has 0 bridgehead atoms. The van der Waals surface area contributed by atoms with Crippen LogP contribution < -0.4 is 0 Å². The predicted octanol–water partition coefficient (Wildman–Crippen LogP) is 3.07. The van der Waals surface area contributed by atoms with Gasteiger partial charge in [0, 0.05) is 31.8 Å². The average molecular weight is 527 g/mol. The number of aliphatic carboxylic acids is 1. The molecule has 1 aliphatic heterocycles. The van der Waals surface area contributed by atoms with E-state index < -0.39 is 41.8 Å². The number of fused-ring (bicyclic) bond motifs is 2. The van der Waals surface area contributed by atoms with Crippen LogP contribution >= 0.6 is 0 Å². The summed E-state index contributed by atoms with van der Waals surface area (Å²) < 4.78 is 56.7. The van der Waals surface area contributed by atoms with Crippen molar-refractivity contribution in [2.75, 3.05) is 6.54 Å². The largest absolute Gasteiger partial charge is 0.480 e. The number of carbonyl (C=O) groups is 2. The summed E-state index contributed by atoms with van der Waals surface area (Å²) in [4.78, 5) is 30.7. The highest BCUT2D eigenvalue weighted by Gasteiger charge is 2.37. The first-order valence-electron chi connectivity index (χ1n) is 11.2. The number of nitrogens with zero attached hydrogens (tertiary/aromatic N) is 7. The molecule has 0 radical (unpaired) electrons. The highest BCUT2D eigenvalue weighted by molar-refractivity contribution is 6.01. The first-order valence-corrected chi connectivity index (χ1v) is 11.2. The number of carboxylic acid groups (broad SMARTS) is 1. The number of nitriles is 1. The fraction of sp³-hybridized carbons (Fsp3) is 0.250. The van der Waals surface area contributed by atoms with Crippen molar-refractivity contribution in [1.29, 1.82) is 5.26 Å². The van der Waals surface area contributed by atoms with Gasteiger partial charge in [0.1, 0.15) is 23.4 Å². The SMILES string of the molecule is Cn1nc(F)c2nc(-c3ccc(F)c4c3CCN([C@H](Cc3cnn(C(F)F)c3)C(=O)O)C4=O)c(C#N)cc21. The number of alkyl halides is 2. The fourth-order valence-electron chi connectivity index (χ4n) is 4.68. The van der Waals surface area contributed by atoms with Crippen LogP contribution in [0.4, 0.5) is 17.6 Å². The van der Waals surface area contributed by atoms with Gasteiger partial charge in [0.2, 0.25) is 0 Å². The summed E-state index contributed by atoms with van der Waals surface area (Å²) in [6.45, 7) is -3.07. The lowest BCUT2D eigenvalue weighted by Crippen LogP contribution is -2.50. The highest BCUT2D eigenvalue weighted by atomic mass is 19.3. The number of benzene rings is 1. The van der Waals surface area contributed by atoms with Crippen LogP contribution in [-0.2, 0) is 24.7 Å². The molecule has 0 saturated carbocycles. The molecule has 1 amide bonds. The molecule has 14 heteroatoms. The molecule has 5 rings (SSSR count). The minimum absolute atomic E-state index is 0.00560. The number of aryl methyl sites for hydroxylation is 1. The van der Waals surface area contributed by atoms with Gasteiger partial charge in [-0.15, -0.1) is 5.10 Å². The zero-order valence-electron chi connectivity index (χ0n) is 19.6. The van der Waals surface area contributed by atoms with E-state index in [0.29, 0.717) is 4.68 Å². The van der Waals surface area contributed by atoms with Gasteiger partial charge in [0.25, 0.3) is 11.9 Å². The van der Waals surface area contributed by atoms with Gasteiger partial charge in [-0.05, 0) is 35.7 Å². The van der Waals surface area contributed by atoms with Gasteiger partial charge in [-0.2, -0.15) is 23.5 Å². The molecule has 3 aromatic heterocycles. The number of carboxylic acids is 1. The number of aromatic nitrogens is 5. The number of amides is 1. The lowest BCUT2D eigenvalue weighted by Gasteiger charge is -2.34. The molecule has 4 aromatic rings. The molecule has 0 unspecified atom stereocenters. The van der Waals surface area contributed by atoms with Crippen molar-refractivity contribution in [3.05, 3.63) is 64.6 Å². The maximum atomic E-state index is 15.0. The maximum Gasteiger partial charge on any atom is 0.333 e. The number of carbonyl (C=O) groups excluding carboxylic acids is 1. The third-order valence-corrected chi connectivity index (χ3v) is 6.44. The van der Waals surface area contributed by atoms with E-state index in [0.717, 1.165) is 23.4 Å². The number of pyridine rings is 1. The van der Waals surface area contributed by atoms with Crippen LogP contribution in [0.2, 0.25) is 0 Å². The number of hydrogen-bond acceptors (Lipinski definition) is 6. The molecule has 0 fully saturated rings. The Morgan fingerprint density at radius 3 is 2.71 bits per heavy atom. The second-order valence-corrected chi connectivity index (χ2v) is 8.64. The molecule has 194 valence electrons. The van der Waals surface area contributed by atoms with E-state index in [1.54, 1.807) is 0 Å². The number of rotatable bonds is 6. The summed E-state index contributed by atoms with van der Waals surface area (Å²) in [7, 11) is 1.48. The minimum Gasteiger partial charge on any atom is -0.480 e. The van der Waals surface area contributed by atoms with Crippen LogP contribution in [0.25, 0.3) is 22.3 Å². The molecule has 1 N–H and O–H groups in total. The molecule has 1 aromatic carbocycles. The molecule has 1 aliphatic rings. The van der Waals surface area contributed by atoms with Crippen molar-refractivity contribution < 1.29 is 32.3 Å². The average Bonchev–Trinajstić information content (AvgIpc) is 3.46. The van der Waals surface area contributed by atoms with Gasteiger partial charge in [0.15, 0.2) is 0 Å². The lowest BCUT2D eigenvalue weighted by atomic mass is 9.89. The first-order chi connectivity index (χ1) is 18.1. The highest BCUT2D eigenvalue weighted by Crippen LogP contribution is 2.35. The first kappa shape index (κ1) is 24.9. The zero-order chi connectivity index (χ0) is 27.3. The van der Waals surface area contributed by atoms with E-state index >= 15 is 4.39 Å². The van der Waals surface area contributed by atoms with Gasteiger partial charge in [-0.25, -0.2) is 18.9 Å². The third-order valence-electron chi connectivity index (χ3n) is 6.44. The second-order valence-electron chi connectivity index (χ2n) is 8.64. The van der Waals surface area contributed by atoms with E-state index in [-0.39, 0.29) is 58.4 Å². The lowest BCUT2D eigenvalue weighted by molar-refractivity contribution is -0.142. The Hall–Kier alpha value is -4.80. The van der Waals surface area contributed by atoms with E-state index in [9.17, 15) is 33.1 Å². The van der Waals surface area contributed by atoms with Crippen molar-refractivity contribution >= 4 is 22.9 Å². The molecule has 1 atom stereocenters. The molecule has 10 nitrogen and oxygen atoms in total. The number of halogens is 4. The van der Waals surface area contributed by atoms with Gasteiger partial charge in [-0.3, -0.25) is 9.48 Å². The van der Waals surface area contributed by atoms with Crippen LogP contribution in [0.5, 0.6) is 0 Å². The van der Waals surface area contributed by atoms with Crippen molar-refractivity contribution in [3.63, 3.8) is 0 Å². The second kappa shape index (κ2) is 9.25. The molecular weight excluding hydrogens is 510 g/mol. The summed E-state index contributed by atoms with van der Waals surface area (Å²) in [6.07, 6.45) is 1.71. The minimum atomic E-state index is -2.92. The Kier molecular flexibility index (Phi) is 6.06. The zero-order valence-corrected chi connectivity index (χ0v) is 19.6. The predicted molar refractivity (Wildman–Crippen MR) is 122 cm³/mol. The Labute approximate surface area is 211 Å². The Morgan fingerprint density at radius 1 is 1.29 bits per heavy atom. The van der Waals surface area contributed by atoms with Gasteiger partial charge < -0.3 is 10.0 Å².